The number of amides is 2. The minimum Gasteiger partial charge on any atom is -0.463 e. The molecule has 0 unspecified atom stereocenters. The van der Waals surface area contributed by atoms with Gasteiger partial charge in [0.05, 0.1) is 34.2 Å². The van der Waals surface area contributed by atoms with Crippen LogP contribution in [0.4, 0.5) is 10.5 Å². The van der Waals surface area contributed by atoms with Crippen LogP contribution in [-0.4, -0.2) is 34.0 Å². The zero-order chi connectivity index (χ0) is 20.0. The molecule has 2 amide bonds. The molecule has 2 fully saturated rings. The number of carbonyl (C=O) groups excluding carboxylic acids is 1. The van der Waals surface area contributed by atoms with Crippen LogP contribution in [0.5, 0.6) is 0 Å². The average Bonchev–Trinajstić information content (AvgIpc) is 2.54. The highest BCUT2D eigenvalue weighted by Gasteiger charge is 2.50. The predicted octanol–water partition coefficient (Wildman–Crippen LogP) is 2.69. The Balaban J connectivity index is 1.97. The van der Waals surface area contributed by atoms with E-state index in [0.29, 0.717) is 29.1 Å². The van der Waals surface area contributed by atoms with Crippen molar-refractivity contribution in [1.29, 1.82) is 5.26 Å². The van der Waals surface area contributed by atoms with Crippen LogP contribution in [0.25, 0.3) is 0 Å². The Labute approximate surface area is 161 Å². The normalized spacial score (nSPS) is 31.8. The molecular weight excluding hydrogens is 370 g/mol. The molecule has 142 valence electrons. The van der Waals surface area contributed by atoms with E-state index in [1.807, 2.05) is 6.92 Å². The maximum atomic E-state index is 13.0. The lowest BCUT2D eigenvalue weighted by atomic mass is 9.67. The molecular formula is C18H20ClN5O3. The minimum absolute atomic E-state index is 0.0502. The summed E-state index contributed by atoms with van der Waals surface area (Å²) in [6, 6.07) is 7.07. The number of aliphatic imine (C=N–C) groups is 1. The lowest BCUT2D eigenvalue weighted by molar-refractivity contribution is -0.135. The average molecular weight is 390 g/mol. The van der Waals surface area contributed by atoms with Crippen molar-refractivity contribution >= 4 is 35.2 Å². The molecule has 1 atom stereocenters. The topological polar surface area (TPSA) is 132 Å². The Morgan fingerprint density at radius 1 is 1.48 bits per heavy atom. The summed E-state index contributed by atoms with van der Waals surface area (Å²) in [6.45, 7) is 3.57. The van der Waals surface area contributed by atoms with Crippen molar-refractivity contribution < 1.29 is 14.7 Å². The van der Waals surface area contributed by atoms with Gasteiger partial charge in [-0.2, -0.15) is 5.26 Å². The number of anilines is 1. The van der Waals surface area contributed by atoms with Gasteiger partial charge in [-0.1, -0.05) is 23.7 Å². The van der Waals surface area contributed by atoms with Gasteiger partial charge in [-0.05, 0) is 38.3 Å². The maximum Gasteiger partial charge on any atom is 0.434 e. The second-order valence-electron chi connectivity index (χ2n) is 7.56. The van der Waals surface area contributed by atoms with Gasteiger partial charge in [0.25, 0.3) is 0 Å². The second-order valence-corrected chi connectivity index (χ2v) is 7.94. The third-order valence-corrected chi connectivity index (χ3v) is 5.64. The molecule has 1 aromatic carbocycles. The van der Waals surface area contributed by atoms with Crippen molar-refractivity contribution in [1.82, 2.24) is 10.2 Å². The van der Waals surface area contributed by atoms with E-state index < -0.39 is 17.0 Å². The van der Waals surface area contributed by atoms with Crippen molar-refractivity contribution in [3.05, 3.63) is 28.8 Å². The van der Waals surface area contributed by atoms with Gasteiger partial charge in [0.1, 0.15) is 0 Å². The molecule has 27 heavy (non-hydrogen) atoms. The first-order chi connectivity index (χ1) is 12.6. The number of guanidine groups is 1. The Morgan fingerprint density at radius 3 is 2.74 bits per heavy atom. The fourth-order valence-corrected chi connectivity index (χ4v) is 4.13. The first kappa shape index (κ1) is 19.0. The second kappa shape index (κ2) is 6.43. The summed E-state index contributed by atoms with van der Waals surface area (Å²) in [5, 5.41) is 21.8. The van der Waals surface area contributed by atoms with Crippen LogP contribution in [0.3, 0.4) is 0 Å². The Bertz CT molecular complexity index is 887. The lowest BCUT2D eigenvalue weighted by Gasteiger charge is -2.50. The number of rotatable bonds is 2. The first-order valence-electron chi connectivity index (χ1n) is 8.46. The number of benzene rings is 1. The Kier molecular flexibility index (Phi) is 4.52. The summed E-state index contributed by atoms with van der Waals surface area (Å²) in [4.78, 5) is 29.1. The summed E-state index contributed by atoms with van der Waals surface area (Å²) in [5.74, 6) is -0.329. The third-order valence-electron chi connectivity index (χ3n) is 5.22. The Hall–Kier alpha value is -2.79. The third kappa shape index (κ3) is 3.30. The monoisotopic (exact) mass is 389 g/mol. The molecule has 2 aliphatic rings. The number of carbonyl (C=O) groups is 2. The van der Waals surface area contributed by atoms with E-state index >= 15 is 0 Å². The van der Waals surface area contributed by atoms with Gasteiger partial charge in [-0.15, -0.1) is 4.99 Å². The number of nitrogen functional groups attached to an aromatic ring is 1. The van der Waals surface area contributed by atoms with Crippen LogP contribution >= 0.6 is 11.6 Å². The summed E-state index contributed by atoms with van der Waals surface area (Å²) in [7, 11) is 0. The number of hydrogen-bond donors (Lipinski definition) is 3. The predicted molar refractivity (Wildman–Crippen MR) is 100 cm³/mol. The summed E-state index contributed by atoms with van der Waals surface area (Å²) in [5.41, 5.74) is 5.36. The molecule has 3 rings (SSSR count). The van der Waals surface area contributed by atoms with Gasteiger partial charge in [0.15, 0.2) is 0 Å². The molecule has 8 nitrogen and oxygen atoms in total. The minimum atomic E-state index is -1.42. The molecule has 1 aromatic rings. The molecule has 1 aliphatic carbocycles. The smallest absolute Gasteiger partial charge is 0.434 e. The Morgan fingerprint density at radius 2 is 2.15 bits per heavy atom. The highest BCUT2D eigenvalue weighted by atomic mass is 35.5. The number of nitriles is 1. The largest absolute Gasteiger partial charge is 0.463 e. The molecule has 0 spiro atoms. The summed E-state index contributed by atoms with van der Waals surface area (Å²) in [6.07, 6.45) is -0.439. The fourth-order valence-electron chi connectivity index (χ4n) is 3.80. The fraction of sp³-hybridized carbons (Fsp3) is 0.444. The van der Waals surface area contributed by atoms with Crippen LogP contribution in [0.15, 0.2) is 23.2 Å². The number of halogens is 1. The van der Waals surface area contributed by atoms with E-state index in [1.165, 1.54) is 4.90 Å². The van der Waals surface area contributed by atoms with E-state index in [1.54, 1.807) is 25.1 Å². The van der Waals surface area contributed by atoms with Crippen molar-refractivity contribution in [2.24, 2.45) is 10.4 Å². The number of nitrogens with two attached hydrogens (primary N) is 1. The first-order valence-corrected chi connectivity index (χ1v) is 8.84. The van der Waals surface area contributed by atoms with Crippen LogP contribution in [-0.2, 0) is 10.3 Å². The zero-order valence-electron chi connectivity index (χ0n) is 15.0. The molecule has 1 saturated heterocycles. The number of nitrogens with one attached hydrogen (secondary N) is 1. The molecule has 0 bridgehead atoms. The zero-order valence-corrected chi connectivity index (χ0v) is 15.7. The highest BCUT2D eigenvalue weighted by molar-refractivity contribution is 6.34. The molecule has 1 aliphatic heterocycles. The van der Waals surface area contributed by atoms with Crippen molar-refractivity contribution in [2.75, 3.05) is 5.73 Å². The van der Waals surface area contributed by atoms with E-state index in [9.17, 15) is 14.9 Å². The van der Waals surface area contributed by atoms with Crippen LogP contribution < -0.4 is 11.1 Å². The van der Waals surface area contributed by atoms with Crippen molar-refractivity contribution in [3.63, 3.8) is 0 Å². The van der Waals surface area contributed by atoms with Gasteiger partial charge in [-0.3, -0.25) is 9.69 Å². The molecule has 9 heteroatoms. The van der Waals surface area contributed by atoms with Gasteiger partial charge < -0.3 is 16.2 Å². The van der Waals surface area contributed by atoms with E-state index in [-0.39, 0.29) is 24.3 Å². The summed E-state index contributed by atoms with van der Waals surface area (Å²) >= 11 is 6.33. The quantitative estimate of drug-likeness (QED) is 0.666. The van der Waals surface area contributed by atoms with E-state index in [4.69, 9.17) is 22.4 Å². The van der Waals surface area contributed by atoms with E-state index in [0.717, 1.165) is 0 Å². The number of nitrogens with zero attached hydrogens (tertiary/aromatic N) is 3. The maximum absolute atomic E-state index is 13.0. The molecule has 0 aromatic heterocycles. The number of hydrogen-bond acceptors (Lipinski definition) is 4. The molecule has 1 heterocycles. The lowest BCUT2D eigenvalue weighted by Crippen LogP contribution is -2.65. The van der Waals surface area contributed by atoms with Gasteiger partial charge >= 0.3 is 6.09 Å². The summed E-state index contributed by atoms with van der Waals surface area (Å²) < 4.78 is 0. The standard InChI is InChI=1S/C18H20ClN5O3/c1-17(9-20)6-10(7-17)24-13(25)8-18(2,23-15(24)22-16(26)27)11-4-3-5-12(21)14(11)19/h3-5,10H,6-8,21H2,1-2H3,(H,22,23)(H,26,27)/t10?,17?,18-/m0/s1. The molecule has 0 radical (unpaired) electrons. The van der Waals surface area contributed by atoms with Crippen LogP contribution in [0.2, 0.25) is 5.02 Å². The highest BCUT2D eigenvalue weighted by Crippen LogP contribution is 2.45. The van der Waals surface area contributed by atoms with Crippen LogP contribution in [0, 0.1) is 16.7 Å². The van der Waals surface area contributed by atoms with Gasteiger partial charge in [0.2, 0.25) is 11.9 Å². The SMILES string of the molecule is CC1(C#N)CC(N2C(=O)C[C@@](C)(c3cccc(N)c3Cl)N/C2=N\C(=O)O)C1. The molecule has 1 saturated carbocycles. The van der Waals surface area contributed by atoms with Gasteiger partial charge in [0, 0.05) is 6.04 Å². The number of carboxylic acid groups (broad SMARTS) is 1. The van der Waals surface area contributed by atoms with Crippen LogP contribution in [0.1, 0.15) is 38.7 Å². The van der Waals surface area contributed by atoms with Crippen molar-refractivity contribution in [2.45, 2.75) is 44.7 Å². The van der Waals surface area contributed by atoms with E-state index in [2.05, 4.69) is 16.4 Å². The molecule has 4 N–H and O–H groups in total. The van der Waals surface area contributed by atoms with Crippen molar-refractivity contribution in [3.8, 4) is 6.07 Å². The van der Waals surface area contributed by atoms with Gasteiger partial charge in [-0.25, -0.2) is 4.79 Å².